The first kappa shape index (κ1) is 15.3. The smallest absolute Gasteiger partial charge is 0.272 e. The maximum Gasteiger partial charge on any atom is 0.272 e. The van der Waals surface area contributed by atoms with Crippen molar-refractivity contribution in [3.63, 3.8) is 0 Å². The monoisotopic (exact) mass is 328 g/mol. The van der Waals surface area contributed by atoms with Gasteiger partial charge in [0.05, 0.1) is 15.0 Å². The number of nitrogen functional groups attached to an aromatic ring is 1. The van der Waals surface area contributed by atoms with Gasteiger partial charge in [0.1, 0.15) is 12.4 Å². The number of rotatable bonds is 5. The summed E-state index contributed by atoms with van der Waals surface area (Å²) in [6, 6.07) is 5.80. The van der Waals surface area contributed by atoms with Crippen molar-refractivity contribution in [3.05, 3.63) is 56.2 Å². The molecule has 0 saturated carbocycles. The molecular formula is C12H10Cl2N4O3. The Bertz CT molecular complexity index is 641. The third kappa shape index (κ3) is 3.72. The van der Waals surface area contributed by atoms with E-state index in [0.29, 0.717) is 5.82 Å². The van der Waals surface area contributed by atoms with Crippen molar-refractivity contribution in [1.82, 2.24) is 4.98 Å². The molecule has 21 heavy (non-hydrogen) atoms. The topological polar surface area (TPSA) is 103 Å². The van der Waals surface area contributed by atoms with E-state index in [9.17, 15) is 10.1 Å². The number of nitrogens with one attached hydrogen (secondary N) is 1. The first-order valence-corrected chi connectivity index (χ1v) is 6.44. The summed E-state index contributed by atoms with van der Waals surface area (Å²) in [5.74, 6) is 5.91. The molecule has 7 nitrogen and oxygen atoms in total. The molecule has 0 aliphatic rings. The fourth-order valence-electron chi connectivity index (χ4n) is 1.54. The van der Waals surface area contributed by atoms with Crippen molar-refractivity contribution in [3.8, 4) is 5.75 Å². The Hall–Kier alpha value is -2.09. The van der Waals surface area contributed by atoms with Gasteiger partial charge in [0, 0.05) is 23.9 Å². The van der Waals surface area contributed by atoms with Gasteiger partial charge in [0.2, 0.25) is 0 Å². The van der Waals surface area contributed by atoms with E-state index in [1.807, 2.05) is 0 Å². The van der Waals surface area contributed by atoms with Crippen LogP contribution in [0.5, 0.6) is 5.75 Å². The Morgan fingerprint density at radius 1 is 1.33 bits per heavy atom. The molecule has 0 atom stereocenters. The molecular weight excluding hydrogens is 319 g/mol. The van der Waals surface area contributed by atoms with E-state index in [1.54, 1.807) is 18.3 Å². The van der Waals surface area contributed by atoms with Crippen molar-refractivity contribution in [1.29, 1.82) is 0 Å². The van der Waals surface area contributed by atoms with Gasteiger partial charge in [-0.25, -0.2) is 10.8 Å². The highest BCUT2D eigenvalue weighted by Gasteiger charge is 2.15. The lowest BCUT2D eigenvalue weighted by Gasteiger charge is -2.10. The average Bonchev–Trinajstić information content (AvgIpc) is 2.46. The molecule has 0 bridgehead atoms. The molecule has 0 saturated heterocycles. The lowest BCUT2D eigenvalue weighted by atomic mass is 10.3. The quantitative estimate of drug-likeness (QED) is 0.496. The summed E-state index contributed by atoms with van der Waals surface area (Å²) >= 11 is 11.9. The van der Waals surface area contributed by atoms with Crippen LogP contribution in [-0.2, 0) is 6.61 Å². The number of pyridine rings is 1. The molecule has 0 unspecified atom stereocenters. The molecule has 0 amide bonds. The third-order valence-corrected chi connectivity index (χ3v) is 3.11. The maximum atomic E-state index is 10.7. The Labute approximate surface area is 129 Å². The molecule has 0 aliphatic carbocycles. The van der Waals surface area contributed by atoms with Gasteiger partial charge in [-0.3, -0.25) is 10.1 Å². The van der Waals surface area contributed by atoms with Gasteiger partial charge in [-0.15, -0.1) is 0 Å². The van der Waals surface area contributed by atoms with Crippen molar-refractivity contribution < 1.29 is 9.66 Å². The van der Waals surface area contributed by atoms with Crippen molar-refractivity contribution in [2.24, 2.45) is 5.84 Å². The predicted octanol–water partition coefficient (Wildman–Crippen LogP) is 3.16. The van der Waals surface area contributed by atoms with E-state index in [2.05, 4.69) is 10.4 Å². The first-order valence-electron chi connectivity index (χ1n) is 5.69. The molecule has 0 fully saturated rings. The summed E-state index contributed by atoms with van der Waals surface area (Å²) in [5.41, 5.74) is 2.97. The van der Waals surface area contributed by atoms with Gasteiger partial charge in [-0.1, -0.05) is 29.3 Å². The molecule has 0 radical (unpaired) electrons. The minimum absolute atomic E-state index is 0.0717. The highest BCUT2D eigenvalue weighted by Crippen LogP contribution is 2.37. The fourth-order valence-corrected chi connectivity index (χ4v) is 2.13. The number of nitrogens with zero attached hydrogens (tertiary/aromatic N) is 2. The number of nitro groups is 1. The Balaban J connectivity index is 2.14. The zero-order valence-electron chi connectivity index (χ0n) is 10.5. The molecule has 0 spiro atoms. The second-order valence-electron chi connectivity index (χ2n) is 3.98. The summed E-state index contributed by atoms with van der Waals surface area (Å²) in [4.78, 5) is 14.1. The zero-order valence-corrected chi connectivity index (χ0v) is 12.1. The largest absolute Gasteiger partial charge is 0.486 e. The van der Waals surface area contributed by atoms with Gasteiger partial charge < -0.3 is 10.2 Å². The molecule has 1 aromatic carbocycles. The van der Waals surface area contributed by atoms with Gasteiger partial charge >= 0.3 is 0 Å². The van der Waals surface area contributed by atoms with E-state index in [4.69, 9.17) is 33.8 Å². The lowest BCUT2D eigenvalue weighted by molar-refractivity contribution is -0.384. The molecule has 2 rings (SSSR count). The predicted molar refractivity (Wildman–Crippen MR) is 79.5 cm³/mol. The molecule has 0 aliphatic heterocycles. The van der Waals surface area contributed by atoms with Gasteiger partial charge in [-0.05, 0) is 6.07 Å². The van der Waals surface area contributed by atoms with Crippen molar-refractivity contribution in [2.75, 3.05) is 5.43 Å². The number of ether oxygens (including phenoxy) is 1. The Kier molecular flexibility index (Phi) is 4.79. The van der Waals surface area contributed by atoms with Crippen LogP contribution in [0.25, 0.3) is 0 Å². The van der Waals surface area contributed by atoms with Crippen LogP contribution in [0, 0.1) is 10.1 Å². The molecule has 1 aromatic heterocycles. The lowest BCUT2D eigenvalue weighted by Crippen LogP contribution is -2.08. The minimum Gasteiger partial charge on any atom is -0.486 e. The van der Waals surface area contributed by atoms with E-state index >= 15 is 0 Å². The van der Waals surface area contributed by atoms with Crippen molar-refractivity contribution in [2.45, 2.75) is 6.61 Å². The average molecular weight is 329 g/mol. The highest BCUT2D eigenvalue weighted by atomic mass is 35.5. The normalized spacial score (nSPS) is 10.2. The number of hydrazine groups is 1. The summed E-state index contributed by atoms with van der Waals surface area (Å²) in [6.07, 6.45) is 1.57. The van der Waals surface area contributed by atoms with E-state index in [0.717, 1.165) is 5.56 Å². The number of nitro benzene ring substituents is 1. The van der Waals surface area contributed by atoms with Crippen LogP contribution in [0.15, 0.2) is 30.5 Å². The number of halogens is 2. The van der Waals surface area contributed by atoms with Gasteiger partial charge in [-0.2, -0.15) is 0 Å². The Morgan fingerprint density at radius 3 is 2.48 bits per heavy atom. The minimum atomic E-state index is -0.579. The van der Waals surface area contributed by atoms with Crippen LogP contribution in [0.2, 0.25) is 10.0 Å². The number of nitrogens with two attached hydrogens (primary N) is 1. The highest BCUT2D eigenvalue weighted by molar-refractivity contribution is 6.37. The van der Waals surface area contributed by atoms with Crippen LogP contribution < -0.4 is 16.0 Å². The van der Waals surface area contributed by atoms with E-state index in [1.165, 1.54) is 12.1 Å². The second-order valence-corrected chi connectivity index (χ2v) is 4.79. The molecule has 3 N–H and O–H groups in total. The summed E-state index contributed by atoms with van der Waals surface area (Å²) in [7, 11) is 0. The Morgan fingerprint density at radius 2 is 2.00 bits per heavy atom. The van der Waals surface area contributed by atoms with Crippen LogP contribution in [-0.4, -0.2) is 9.91 Å². The first-order chi connectivity index (χ1) is 10.0. The second kappa shape index (κ2) is 6.57. The number of anilines is 1. The molecule has 2 aromatic rings. The van der Waals surface area contributed by atoms with Gasteiger partial charge in [0.15, 0.2) is 5.75 Å². The number of hydrogen-bond donors (Lipinski definition) is 2. The fraction of sp³-hybridized carbons (Fsp3) is 0.0833. The summed E-state index contributed by atoms with van der Waals surface area (Å²) in [6.45, 7) is 0.162. The number of non-ortho nitro benzene ring substituents is 1. The molecule has 110 valence electrons. The molecule has 1 heterocycles. The van der Waals surface area contributed by atoms with Crippen LogP contribution in [0.4, 0.5) is 11.5 Å². The third-order valence-electron chi connectivity index (χ3n) is 2.55. The molecule has 9 heteroatoms. The zero-order chi connectivity index (χ0) is 15.4. The standard InChI is InChI=1S/C12H10Cl2N4O3/c13-9-3-8(18(19)20)4-10(14)12(9)21-6-7-1-2-11(17-15)16-5-7/h1-5H,6,15H2,(H,16,17). The number of aromatic nitrogens is 1. The SMILES string of the molecule is NNc1ccc(COc2c(Cl)cc([N+](=O)[O-])cc2Cl)cn1. The van der Waals surface area contributed by atoms with Crippen LogP contribution >= 0.6 is 23.2 Å². The summed E-state index contributed by atoms with van der Waals surface area (Å²) in [5, 5.41) is 10.8. The maximum absolute atomic E-state index is 10.7. The summed E-state index contributed by atoms with van der Waals surface area (Å²) < 4.78 is 5.48. The van der Waals surface area contributed by atoms with Crippen LogP contribution in [0.3, 0.4) is 0 Å². The van der Waals surface area contributed by atoms with E-state index < -0.39 is 4.92 Å². The van der Waals surface area contributed by atoms with E-state index in [-0.39, 0.29) is 28.1 Å². The van der Waals surface area contributed by atoms with Gasteiger partial charge in [0.25, 0.3) is 5.69 Å². The van der Waals surface area contributed by atoms with Crippen LogP contribution in [0.1, 0.15) is 5.56 Å². The number of benzene rings is 1. The number of hydrogen-bond acceptors (Lipinski definition) is 6. The van der Waals surface area contributed by atoms with Crippen molar-refractivity contribution >= 4 is 34.7 Å².